The number of hydrogen-bond donors (Lipinski definition) is 2. The summed E-state index contributed by atoms with van der Waals surface area (Å²) >= 11 is 0. The quantitative estimate of drug-likeness (QED) is 0.653. The fraction of sp³-hybridized carbons (Fsp3) is 0.350. The van der Waals surface area contributed by atoms with E-state index in [1.54, 1.807) is 0 Å². The van der Waals surface area contributed by atoms with Gasteiger partial charge in [-0.1, -0.05) is 60.7 Å². The van der Waals surface area contributed by atoms with Gasteiger partial charge in [-0.3, -0.25) is 4.99 Å². The number of aliphatic imine (C=N–C) groups is 1. The van der Waals surface area contributed by atoms with Gasteiger partial charge >= 0.3 is 0 Å². The van der Waals surface area contributed by atoms with Crippen molar-refractivity contribution in [2.24, 2.45) is 4.99 Å². The first-order valence-corrected chi connectivity index (χ1v) is 8.31. The first kappa shape index (κ1) is 15.6. The lowest BCUT2D eigenvalue weighted by Gasteiger charge is -2.22. The molecule has 0 radical (unpaired) electrons. The molecule has 3 heteroatoms. The lowest BCUT2D eigenvalue weighted by atomic mass is 9.96. The van der Waals surface area contributed by atoms with Crippen LogP contribution in [0.15, 0.2) is 65.7 Å². The highest BCUT2D eigenvalue weighted by atomic mass is 15.2. The predicted molar refractivity (Wildman–Crippen MR) is 96.7 cm³/mol. The summed E-state index contributed by atoms with van der Waals surface area (Å²) in [7, 11) is 1.83. The number of rotatable bonds is 5. The molecule has 2 aromatic rings. The van der Waals surface area contributed by atoms with Crippen LogP contribution in [0.3, 0.4) is 0 Å². The molecule has 120 valence electrons. The summed E-state index contributed by atoms with van der Waals surface area (Å²) < 4.78 is 0. The van der Waals surface area contributed by atoms with Crippen LogP contribution in [-0.4, -0.2) is 19.6 Å². The third-order valence-corrected chi connectivity index (χ3v) is 4.71. The van der Waals surface area contributed by atoms with Crippen LogP contribution in [0.2, 0.25) is 0 Å². The van der Waals surface area contributed by atoms with Gasteiger partial charge in [0.15, 0.2) is 5.96 Å². The maximum Gasteiger partial charge on any atom is 0.191 e. The highest BCUT2D eigenvalue weighted by Crippen LogP contribution is 2.47. The lowest BCUT2D eigenvalue weighted by Crippen LogP contribution is -2.42. The summed E-state index contributed by atoms with van der Waals surface area (Å²) in [4.78, 5) is 4.37. The molecule has 1 atom stereocenters. The molecule has 1 fully saturated rings. The highest BCUT2D eigenvalue weighted by Gasteiger charge is 2.44. The van der Waals surface area contributed by atoms with Crippen molar-refractivity contribution in [3.63, 3.8) is 0 Å². The van der Waals surface area contributed by atoms with Crippen molar-refractivity contribution < 1.29 is 0 Å². The third-order valence-electron chi connectivity index (χ3n) is 4.71. The van der Waals surface area contributed by atoms with E-state index in [0.29, 0.717) is 0 Å². The van der Waals surface area contributed by atoms with E-state index in [1.165, 1.54) is 24.0 Å². The van der Waals surface area contributed by atoms with Crippen LogP contribution in [0.4, 0.5) is 0 Å². The minimum atomic E-state index is 0.231. The number of nitrogens with zero attached hydrogens (tertiary/aromatic N) is 1. The summed E-state index contributed by atoms with van der Waals surface area (Å²) in [6.45, 7) is 3.09. The van der Waals surface area contributed by atoms with E-state index in [9.17, 15) is 0 Å². The summed E-state index contributed by atoms with van der Waals surface area (Å²) in [5.74, 6) is 0.864. The SMILES string of the molecule is CN=C(NCC1(c2ccccc2)CC1)N[C@H](C)c1ccccc1. The normalized spacial score (nSPS) is 17.4. The molecule has 0 saturated heterocycles. The van der Waals surface area contributed by atoms with Crippen molar-refractivity contribution in [3.05, 3.63) is 71.8 Å². The second-order valence-electron chi connectivity index (χ2n) is 6.35. The molecule has 1 aliphatic rings. The summed E-state index contributed by atoms with van der Waals surface area (Å²) in [6, 6.07) is 21.5. The molecular weight excluding hydrogens is 282 g/mol. The molecule has 0 spiro atoms. The monoisotopic (exact) mass is 307 g/mol. The highest BCUT2D eigenvalue weighted by molar-refractivity contribution is 5.80. The molecular formula is C20H25N3. The molecule has 0 bridgehead atoms. The van der Waals surface area contributed by atoms with E-state index >= 15 is 0 Å². The second kappa shape index (κ2) is 6.86. The van der Waals surface area contributed by atoms with Crippen molar-refractivity contribution in [3.8, 4) is 0 Å². The van der Waals surface area contributed by atoms with Crippen LogP contribution >= 0.6 is 0 Å². The molecule has 2 aromatic carbocycles. The molecule has 0 heterocycles. The fourth-order valence-corrected chi connectivity index (χ4v) is 2.99. The largest absolute Gasteiger partial charge is 0.356 e. The molecule has 1 aliphatic carbocycles. The van der Waals surface area contributed by atoms with Crippen molar-refractivity contribution in [1.29, 1.82) is 0 Å². The number of benzene rings is 2. The average molecular weight is 307 g/mol. The zero-order chi connectivity index (χ0) is 16.1. The zero-order valence-electron chi connectivity index (χ0n) is 13.9. The van der Waals surface area contributed by atoms with Gasteiger partial charge in [-0.05, 0) is 30.9 Å². The average Bonchev–Trinajstić information content (AvgIpc) is 3.41. The molecule has 23 heavy (non-hydrogen) atoms. The van der Waals surface area contributed by atoms with Crippen LogP contribution in [0.25, 0.3) is 0 Å². The molecule has 3 rings (SSSR count). The Bertz CT molecular complexity index is 645. The molecule has 2 N–H and O–H groups in total. The standard InChI is InChI=1S/C20H25N3/c1-16(17-9-5-3-6-10-17)23-19(21-2)22-15-20(13-14-20)18-11-7-4-8-12-18/h3-12,16H,13-15H2,1-2H3,(H2,21,22,23)/t16-/m1/s1. The smallest absolute Gasteiger partial charge is 0.191 e. The molecule has 0 unspecified atom stereocenters. The van der Waals surface area contributed by atoms with E-state index in [0.717, 1.165) is 12.5 Å². The molecule has 0 amide bonds. The van der Waals surface area contributed by atoms with Crippen LogP contribution < -0.4 is 10.6 Å². The Labute approximate surface area is 138 Å². The van der Waals surface area contributed by atoms with Crippen molar-refractivity contribution in [1.82, 2.24) is 10.6 Å². The summed E-state index contributed by atoms with van der Waals surface area (Å²) in [6.07, 6.45) is 2.49. The Morgan fingerprint density at radius 2 is 1.65 bits per heavy atom. The van der Waals surface area contributed by atoms with Crippen molar-refractivity contribution >= 4 is 5.96 Å². The third kappa shape index (κ3) is 3.73. The zero-order valence-corrected chi connectivity index (χ0v) is 13.9. The van der Waals surface area contributed by atoms with E-state index in [1.807, 2.05) is 13.1 Å². The van der Waals surface area contributed by atoms with Gasteiger partial charge in [0.1, 0.15) is 0 Å². The van der Waals surface area contributed by atoms with Crippen LogP contribution in [-0.2, 0) is 5.41 Å². The number of guanidine groups is 1. The van der Waals surface area contributed by atoms with Gasteiger partial charge in [-0.2, -0.15) is 0 Å². The van der Waals surface area contributed by atoms with E-state index in [4.69, 9.17) is 0 Å². The summed E-state index contributed by atoms with van der Waals surface area (Å²) in [5, 5.41) is 6.98. The minimum Gasteiger partial charge on any atom is -0.356 e. The van der Waals surface area contributed by atoms with Gasteiger partial charge in [-0.15, -0.1) is 0 Å². The Balaban J connectivity index is 1.59. The first-order chi connectivity index (χ1) is 11.2. The van der Waals surface area contributed by atoms with Gasteiger partial charge in [0.25, 0.3) is 0 Å². The van der Waals surface area contributed by atoms with Crippen LogP contribution in [0, 0.1) is 0 Å². The maximum absolute atomic E-state index is 4.37. The van der Waals surface area contributed by atoms with E-state index in [-0.39, 0.29) is 11.5 Å². The van der Waals surface area contributed by atoms with Crippen molar-refractivity contribution in [2.75, 3.05) is 13.6 Å². The van der Waals surface area contributed by atoms with Gasteiger partial charge in [0.05, 0.1) is 6.04 Å². The lowest BCUT2D eigenvalue weighted by molar-refractivity contribution is 0.626. The predicted octanol–water partition coefficient (Wildman–Crippen LogP) is 3.64. The Morgan fingerprint density at radius 1 is 1.04 bits per heavy atom. The number of nitrogens with one attached hydrogen (secondary N) is 2. The van der Waals surface area contributed by atoms with Gasteiger partial charge in [-0.25, -0.2) is 0 Å². The maximum atomic E-state index is 4.37. The van der Waals surface area contributed by atoms with Crippen molar-refractivity contribution in [2.45, 2.75) is 31.2 Å². The van der Waals surface area contributed by atoms with Crippen LogP contribution in [0.1, 0.15) is 36.9 Å². The van der Waals surface area contributed by atoms with E-state index < -0.39 is 0 Å². The summed E-state index contributed by atoms with van der Waals surface area (Å²) in [5.41, 5.74) is 2.98. The number of hydrogen-bond acceptors (Lipinski definition) is 1. The molecule has 0 aromatic heterocycles. The second-order valence-corrected chi connectivity index (χ2v) is 6.35. The van der Waals surface area contributed by atoms with Crippen LogP contribution in [0.5, 0.6) is 0 Å². The Kier molecular flexibility index (Phi) is 4.65. The van der Waals surface area contributed by atoms with E-state index in [2.05, 4.69) is 77.1 Å². The van der Waals surface area contributed by atoms with Gasteiger partial charge in [0, 0.05) is 19.0 Å². The Morgan fingerprint density at radius 3 is 2.22 bits per heavy atom. The molecule has 3 nitrogen and oxygen atoms in total. The van der Waals surface area contributed by atoms with Gasteiger partial charge in [0.2, 0.25) is 0 Å². The van der Waals surface area contributed by atoms with Gasteiger partial charge < -0.3 is 10.6 Å². The fourth-order valence-electron chi connectivity index (χ4n) is 2.99. The molecule has 0 aliphatic heterocycles. The Hall–Kier alpha value is -2.29. The topological polar surface area (TPSA) is 36.4 Å². The first-order valence-electron chi connectivity index (χ1n) is 8.31. The minimum absolute atomic E-state index is 0.231. The molecule has 1 saturated carbocycles.